The van der Waals surface area contributed by atoms with Crippen LogP contribution in [0.3, 0.4) is 0 Å². The molecule has 122 valence electrons. The molecule has 0 spiro atoms. The highest BCUT2D eigenvalue weighted by atomic mass is 32.1. The van der Waals surface area contributed by atoms with E-state index in [0.29, 0.717) is 0 Å². The Hall–Kier alpha value is -1.92. The van der Waals surface area contributed by atoms with E-state index in [1.807, 2.05) is 17.5 Å². The lowest BCUT2D eigenvalue weighted by Crippen LogP contribution is -2.42. The molecule has 1 aromatic carbocycles. The molecule has 2 N–H and O–H groups in total. The Labute approximate surface area is 137 Å². The molecule has 4 nitrogen and oxygen atoms in total. The van der Waals surface area contributed by atoms with Crippen LogP contribution in [0, 0.1) is 11.7 Å². The molecule has 1 aliphatic rings. The van der Waals surface area contributed by atoms with E-state index in [2.05, 4.69) is 5.32 Å². The normalized spacial score (nSPS) is 16.7. The Morgan fingerprint density at radius 3 is 2.83 bits per heavy atom. The molecule has 1 atom stereocenters. The van der Waals surface area contributed by atoms with Gasteiger partial charge in [0.1, 0.15) is 5.60 Å². The lowest BCUT2D eigenvalue weighted by atomic mass is 9.95. The molecule has 6 heteroatoms. The molecule has 1 unspecified atom stereocenters. The Kier molecular flexibility index (Phi) is 4.37. The second kappa shape index (κ2) is 6.29. The highest BCUT2D eigenvalue weighted by molar-refractivity contribution is 7.10. The van der Waals surface area contributed by atoms with E-state index in [1.54, 1.807) is 0 Å². The Bertz CT molecular complexity index is 700. The number of hydrogen-bond acceptors (Lipinski definition) is 4. The van der Waals surface area contributed by atoms with Crippen LogP contribution in [-0.2, 0) is 5.60 Å². The highest BCUT2D eigenvalue weighted by Gasteiger charge is 2.46. The first-order valence-electron chi connectivity index (χ1n) is 7.42. The molecule has 0 saturated heterocycles. The third-order valence-electron chi connectivity index (χ3n) is 4.13. The van der Waals surface area contributed by atoms with Crippen molar-refractivity contribution in [3.8, 4) is 5.75 Å². The Morgan fingerprint density at radius 1 is 1.48 bits per heavy atom. The second-order valence-electron chi connectivity index (χ2n) is 5.71. The standard InChI is InChI=1S/C17H18FNO3S/c1-22-14-7-4-11(9-13(14)18)16(20)19-10-17(21,12-5-6-12)15-3-2-8-23-15/h2-4,7-9,12,21H,5-6,10H2,1H3,(H,19,20). The summed E-state index contributed by atoms with van der Waals surface area (Å²) in [5.74, 6) is -0.748. The third-order valence-corrected chi connectivity index (χ3v) is 5.17. The molecule has 1 heterocycles. The number of thiophene rings is 1. The number of hydrogen-bond donors (Lipinski definition) is 2. The Balaban J connectivity index is 1.71. The summed E-state index contributed by atoms with van der Waals surface area (Å²) in [6.45, 7) is 0.116. The number of ether oxygens (including phenoxy) is 1. The van der Waals surface area contributed by atoms with Crippen molar-refractivity contribution in [2.45, 2.75) is 18.4 Å². The molecule has 1 saturated carbocycles. The van der Waals surface area contributed by atoms with E-state index < -0.39 is 17.3 Å². The van der Waals surface area contributed by atoms with Crippen molar-refractivity contribution in [2.24, 2.45) is 5.92 Å². The van der Waals surface area contributed by atoms with Crippen LogP contribution in [-0.4, -0.2) is 24.7 Å². The van der Waals surface area contributed by atoms with Crippen molar-refractivity contribution in [1.82, 2.24) is 5.32 Å². The SMILES string of the molecule is COc1ccc(C(=O)NCC(O)(c2cccs2)C2CC2)cc1F. The molecular formula is C17H18FNO3S. The van der Waals surface area contributed by atoms with Crippen molar-refractivity contribution in [3.63, 3.8) is 0 Å². The van der Waals surface area contributed by atoms with Gasteiger partial charge < -0.3 is 15.2 Å². The van der Waals surface area contributed by atoms with Crippen LogP contribution >= 0.6 is 11.3 Å². The molecule has 0 bridgehead atoms. The molecule has 1 aliphatic carbocycles. The summed E-state index contributed by atoms with van der Waals surface area (Å²) in [6.07, 6.45) is 1.89. The van der Waals surface area contributed by atoms with E-state index in [4.69, 9.17) is 4.74 Å². The molecule has 1 amide bonds. The maximum atomic E-state index is 13.7. The molecule has 2 aromatic rings. The van der Waals surface area contributed by atoms with Crippen LogP contribution < -0.4 is 10.1 Å². The predicted molar refractivity (Wildman–Crippen MR) is 86.2 cm³/mol. The summed E-state index contributed by atoms with van der Waals surface area (Å²) in [4.78, 5) is 13.1. The van der Waals surface area contributed by atoms with E-state index in [9.17, 15) is 14.3 Å². The summed E-state index contributed by atoms with van der Waals surface area (Å²) in [7, 11) is 1.37. The largest absolute Gasteiger partial charge is 0.494 e. The van der Waals surface area contributed by atoms with Crippen molar-refractivity contribution < 1.29 is 19.0 Å². The van der Waals surface area contributed by atoms with Gasteiger partial charge in [-0.05, 0) is 48.4 Å². The number of aliphatic hydroxyl groups is 1. The van der Waals surface area contributed by atoms with Gasteiger partial charge >= 0.3 is 0 Å². The monoisotopic (exact) mass is 335 g/mol. The van der Waals surface area contributed by atoms with Crippen LogP contribution in [0.5, 0.6) is 5.75 Å². The third kappa shape index (κ3) is 3.23. The summed E-state index contributed by atoms with van der Waals surface area (Å²) in [5.41, 5.74) is -0.845. The number of nitrogens with one attached hydrogen (secondary N) is 1. The van der Waals surface area contributed by atoms with E-state index in [0.717, 1.165) is 23.8 Å². The number of rotatable bonds is 6. The zero-order valence-electron chi connectivity index (χ0n) is 12.7. The van der Waals surface area contributed by atoms with Crippen LogP contribution in [0.15, 0.2) is 35.7 Å². The highest BCUT2D eigenvalue weighted by Crippen LogP contribution is 2.46. The van der Waals surface area contributed by atoms with Gasteiger partial charge in [0, 0.05) is 10.4 Å². The smallest absolute Gasteiger partial charge is 0.251 e. The quantitative estimate of drug-likeness (QED) is 0.853. The van der Waals surface area contributed by atoms with Crippen LogP contribution in [0.2, 0.25) is 0 Å². The average molecular weight is 335 g/mol. The van der Waals surface area contributed by atoms with Gasteiger partial charge in [-0.15, -0.1) is 11.3 Å². The molecule has 0 radical (unpaired) electrons. The molecule has 23 heavy (non-hydrogen) atoms. The van der Waals surface area contributed by atoms with Crippen LogP contribution in [0.25, 0.3) is 0 Å². The fourth-order valence-electron chi connectivity index (χ4n) is 2.64. The molecule has 3 rings (SSSR count). The summed E-state index contributed by atoms with van der Waals surface area (Å²) < 4.78 is 18.5. The fourth-order valence-corrected chi connectivity index (χ4v) is 3.55. The van der Waals surface area contributed by atoms with Gasteiger partial charge in [0.05, 0.1) is 13.7 Å². The van der Waals surface area contributed by atoms with Crippen LogP contribution in [0.1, 0.15) is 28.1 Å². The first-order chi connectivity index (χ1) is 11.0. The van der Waals surface area contributed by atoms with E-state index in [1.165, 1.54) is 30.6 Å². The average Bonchev–Trinajstić information content (AvgIpc) is 3.27. The van der Waals surface area contributed by atoms with Gasteiger partial charge in [0.2, 0.25) is 0 Å². The maximum Gasteiger partial charge on any atom is 0.251 e. The first-order valence-corrected chi connectivity index (χ1v) is 8.30. The number of benzene rings is 1. The molecule has 1 aromatic heterocycles. The van der Waals surface area contributed by atoms with E-state index in [-0.39, 0.29) is 23.8 Å². The zero-order valence-corrected chi connectivity index (χ0v) is 13.5. The molecule has 0 aliphatic heterocycles. The summed E-state index contributed by atoms with van der Waals surface area (Å²) in [6, 6.07) is 7.81. The van der Waals surface area contributed by atoms with E-state index >= 15 is 0 Å². The van der Waals surface area contributed by atoms with Gasteiger partial charge in [0.15, 0.2) is 11.6 Å². The summed E-state index contributed by atoms with van der Waals surface area (Å²) >= 11 is 1.48. The maximum absolute atomic E-state index is 13.7. The first kappa shape index (κ1) is 16.0. The van der Waals surface area contributed by atoms with Crippen molar-refractivity contribution in [2.75, 3.05) is 13.7 Å². The minimum atomic E-state index is -1.05. The summed E-state index contributed by atoms with van der Waals surface area (Å²) in [5, 5.41) is 15.6. The predicted octanol–water partition coefficient (Wildman–Crippen LogP) is 2.92. The Morgan fingerprint density at radius 2 is 2.26 bits per heavy atom. The number of carbonyl (C=O) groups excluding carboxylic acids is 1. The van der Waals surface area contributed by atoms with Crippen molar-refractivity contribution in [3.05, 3.63) is 52.0 Å². The number of carbonyl (C=O) groups is 1. The van der Waals surface area contributed by atoms with Crippen molar-refractivity contribution >= 4 is 17.2 Å². The fraction of sp³-hybridized carbons (Fsp3) is 0.353. The lowest BCUT2D eigenvalue weighted by Gasteiger charge is -2.27. The number of amides is 1. The van der Waals surface area contributed by atoms with Gasteiger partial charge in [-0.3, -0.25) is 4.79 Å². The molecule has 1 fully saturated rings. The zero-order chi connectivity index (χ0) is 16.4. The van der Waals surface area contributed by atoms with Gasteiger partial charge in [-0.2, -0.15) is 0 Å². The number of methoxy groups -OCH3 is 1. The number of halogens is 1. The van der Waals surface area contributed by atoms with Gasteiger partial charge in [0.25, 0.3) is 5.91 Å². The van der Waals surface area contributed by atoms with Gasteiger partial charge in [-0.25, -0.2) is 4.39 Å². The topological polar surface area (TPSA) is 58.6 Å². The van der Waals surface area contributed by atoms with Crippen LogP contribution in [0.4, 0.5) is 4.39 Å². The lowest BCUT2D eigenvalue weighted by molar-refractivity contribution is 0.0169. The minimum absolute atomic E-state index is 0.0922. The minimum Gasteiger partial charge on any atom is -0.494 e. The van der Waals surface area contributed by atoms with Crippen molar-refractivity contribution in [1.29, 1.82) is 0 Å². The molecular weight excluding hydrogens is 317 g/mol. The van der Waals surface area contributed by atoms with Gasteiger partial charge in [-0.1, -0.05) is 6.07 Å². The second-order valence-corrected chi connectivity index (χ2v) is 6.66.